The minimum atomic E-state index is 0.0927. The Balaban J connectivity index is 1.28. The number of anilines is 2. The maximum absolute atomic E-state index is 6.52. The standard InChI is InChI=1S/C27H27N5S/c1-16-12-20-13-21(6-7-22(20)31-16)32-23-9-11-30-24-14-25(33-27(23)24)17-2-4-18(5-3-17)26(28)19-8-10-29-15-19/h2-7,9,11-14,19,26,29,31H,8,10,15,28H2,1H3,(H,30,32). The summed E-state index contributed by atoms with van der Waals surface area (Å²) in [5.74, 6) is 0.521. The van der Waals surface area contributed by atoms with Gasteiger partial charge in [0, 0.05) is 39.4 Å². The van der Waals surface area contributed by atoms with E-state index in [4.69, 9.17) is 5.73 Å². The van der Waals surface area contributed by atoms with E-state index >= 15 is 0 Å². The highest BCUT2D eigenvalue weighted by Gasteiger charge is 2.23. The largest absolute Gasteiger partial charge is 0.359 e. The number of pyridine rings is 1. The summed E-state index contributed by atoms with van der Waals surface area (Å²) in [5.41, 5.74) is 14.4. The van der Waals surface area contributed by atoms with Crippen LogP contribution in [0.3, 0.4) is 0 Å². The van der Waals surface area contributed by atoms with Gasteiger partial charge in [-0.3, -0.25) is 4.98 Å². The molecule has 1 saturated heterocycles. The number of aromatic nitrogens is 2. The highest BCUT2D eigenvalue weighted by atomic mass is 32.1. The van der Waals surface area contributed by atoms with Gasteiger partial charge in [0.2, 0.25) is 0 Å². The summed E-state index contributed by atoms with van der Waals surface area (Å²) in [6.07, 6.45) is 3.02. The number of H-pyrrole nitrogens is 1. The SMILES string of the molecule is Cc1cc2cc(Nc3ccnc4cc(-c5ccc(C(N)C6CCNC6)cc5)sc34)ccc2[nH]1. The first-order valence-corrected chi connectivity index (χ1v) is 12.3. The fourth-order valence-electron chi connectivity index (χ4n) is 4.82. The van der Waals surface area contributed by atoms with E-state index in [1.807, 2.05) is 12.3 Å². The van der Waals surface area contributed by atoms with Crippen LogP contribution in [0.4, 0.5) is 11.4 Å². The van der Waals surface area contributed by atoms with Crippen LogP contribution in [0.2, 0.25) is 0 Å². The number of thiophene rings is 1. The molecule has 0 bridgehead atoms. The number of hydrogen-bond donors (Lipinski definition) is 4. The van der Waals surface area contributed by atoms with Crippen LogP contribution in [0.1, 0.15) is 23.7 Å². The zero-order valence-electron chi connectivity index (χ0n) is 18.6. The summed E-state index contributed by atoms with van der Waals surface area (Å²) in [4.78, 5) is 9.21. The molecule has 6 heteroatoms. The topological polar surface area (TPSA) is 78.8 Å². The number of nitrogens with zero attached hydrogens (tertiary/aromatic N) is 1. The number of hydrogen-bond acceptors (Lipinski definition) is 5. The third-order valence-corrected chi connectivity index (χ3v) is 7.84. The van der Waals surface area contributed by atoms with Gasteiger partial charge in [0.1, 0.15) is 0 Å². The minimum absolute atomic E-state index is 0.0927. The van der Waals surface area contributed by atoms with Crippen molar-refractivity contribution in [1.82, 2.24) is 15.3 Å². The Morgan fingerprint density at radius 1 is 1.09 bits per heavy atom. The van der Waals surface area contributed by atoms with Crippen LogP contribution < -0.4 is 16.4 Å². The van der Waals surface area contributed by atoms with Crippen LogP contribution in [0.5, 0.6) is 0 Å². The zero-order chi connectivity index (χ0) is 22.4. The van der Waals surface area contributed by atoms with Gasteiger partial charge in [-0.2, -0.15) is 0 Å². The molecule has 4 heterocycles. The number of aromatic amines is 1. The van der Waals surface area contributed by atoms with E-state index < -0.39 is 0 Å². The van der Waals surface area contributed by atoms with E-state index in [0.29, 0.717) is 5.92 Å². The van der Waals surface area contributed by atoms with Crippen LogP contribution >= 0.6 is 11.3 Å². The molecule has 2 atom stereocenters. The molecule has 0 amide bonds. The van der Waals surface area contributed by atoms with Gasteiger partial charge in [-0.05, 0) is 79.9 Å². The summed E-state index contributed by atoms with van der Waals surface area (Å²) < 4.78 is 1.16. The third kappa shape index (κ3) is 3.91. The van der Waals surface area contributed by atoms with E-state index in [2.05, 4.69) is 82.1 Å². The summed E-state index contributed by atoms with van der Waals surface area (Å²) in [6, 6.07) is 21.7. The molecule has 1 aliphatic heterocycles. The molecule has 0 aliphatic carbocycles. The van der Waals surface area contributed by atoms with Crippen molar-refractivity contribution < 1.29 is 0 Å². The van der Waals surface area contributed by atoms with Crippen molar-refractivity contribution in [3.8, 4) is 10.4 Å². The van der Waals surface area contributed by atoms with Crippen LogP contribution in [-0.4, -0.2) is 23.1 Å². The molecule has 5 aromatic rings. The molecule has 6 rings (SSSR count). The van der Waals surface area contributed by atoms with E-state index in [1.165, 1.54) is 27.1 Å². The number of benzene rings is 2. The third-order valence-electron chi connectivity index (χ3n) is 6.63. The highest BCUT2D eigenvalue weighted by molar-refractivity contribution is 7.22. The van der Waals surface area contributed by atoms with Crippen molar-refractivity contribution in [2.24, 2.45) is 11.7 Å². The molecule has 3 aromatic heterocycles. The Labute approximate surface area is 197 Å². The molecule has 1 fully saturated rings. The Bertz CT molecular complexity index is 1430. The molecule has 2 aromatic carbocycles. The van der Waals surface area contributed by atoms with Gasteiger partial charge in [0.25, 0.3) is 0 Å². The lowest BCUT2D eigenvalue weighted by Crippen LogP contribution is -2.23. The number of nitrogens with one attached hydrogen (secondary N) is 3. The predicted molar refractivity (Wildman–Crippen MR) is 139 cm³/mol. The lowest BCUT2D eigenvalue weighted by molar-refractivity contribution is 0.470. The fraction of sp³-hybridized carbons (Fsp3) is 0.222. The normalized spacial score (nSPS) is 17.1. The van der Waals surface area contributed by atoms with Gasteiger partial charge in [0.15, 0.2) is 0 Å². The second-order valence-electron chi connectivity index (χ2n) is 8.96. The van der Waals surface area contributed by atoms with Gasteiger partial charge in [-0.25, -0.2) is 0 Å². The number of nitrogens with two attached hydrogens (primary N) is 1. The summed E-state index contributed by atoms with van der Waals surface area (Å²) >= 11 is 1.77. The first-order chi connectivity index (χ1) is 16.1. The van der Waals surface area contributed by atoms with E-state index in [0.717, 1.165) is 46.6 Å². The lowest BCUT2D eigenvalue weighted by Gasteiger charge is -2.18. The van der Waals surface area contributed by atoms with Crippen molar-refractivity contribution in [3.63, 3.8) is 0 Å². The van der Waals surface area contributed by atoms with Crippen molar-refractivity contribution in [2.75, 3.05) is 18.4 Å². The fourth-order valence-corrected chi connectivity index (χ4v) is 5.90. The molecule has 33 heavy (non-hydrogen) atoms. The van der Waals surface area contributed by atoms with E-state index in [-0.39, 0.29) is 6.04 Å². The first kappa shape index (κ1) is 20.4. The van der Waals surface area contributed by atoms with Crippen LogP contribution in [-0.2, 0) is 0 Å². The Morgan fingerprint density at radius 3 is 2.79 bits per heavy atom. The molecule has 166 valence electrons. The quantitative estimate of drug-likeness (QED) is 0.259. The van der Waals surface area contributed by atoms with E-state index in [1.54, 1.807) is 11.3 Å². The summed E-state index contributed by atoms with van der Waals surface area (Å²) in [7, 11) is 0. The smallest absolute Gasteiger partial charge is 0.0837 e. The van der Waals surface area contributed by atoms with Gasteiger partial charge in [0.05, 0.1) is 15.9 Å². The second-order valence-corrected chi connectivity index (χ2v) is 10.0. The van der Waals surface area contributed by atoms with E-state index in [9.17, 15) is 0 Å². The molecule has 2 unspecified atom stereocenters. The molecule has 5 N–H and O–H groups in total. The zero-order valence-corrected chi connectivity index (χ0v) is 19.4. The highest BCUT2D eigenvalue weighted by Crippen LogP contribution is 2.38. The molecule has 0 spiro atoms. The van der Waals surface area contributed by atoms with Gasteiger partial charge in [-0.15, -0.1) is 11.3 Å². The molecule has 1 aliphatic rings. The molecule has 5 nitrogen and oxygen atoms in total. The first-order valence-electron chi connectivity index (χ1n) is 11.5. The summed E-state index contributed by atoms with van der Waals surface area (Å²) in [6.45, 7) is 4.16. The van der Waals surface area contributed by atoms with Crippen molar-refractivity contribution in [1.29, 1.82) is 0 Å². The van der Waals surface area contributed by atoms with Crippen LogP contribution in [0.15, 0.2) is 66.9 Å². The minimum Gasteiger partial charge on any atom is -0.359 e. The predicted octanol–water partition coefficient (Wildman–Crippen LogP) is 6.11. The maximum Gasteiger partial charge on any atom is 0.0837 e. The maximum atomic E-state index is 6.52. The van der Waals surface area contributed by atoms with Gasteiger partial charge < -0.3 is 21.4 Å². The monoisotopic (exact) mass is 453 g/mol. The van der Waals surface area contributed by atoms with Crippen molar-refractivity contribution in [2.45, 2.75) is 19.4 Å². The van der Waals surface area contributed by atoms with Gasteiger partial charge >= 0.3 is 0 Å². The number of fused-ring (bicyclic) bond motifs is 2. The lowest BCUT2D eigenvalue weighted by atomic mass is 9.92. The van der Waals surface area contributed by atoms with Gasteiger partial charge in [-0.1, -0.05) is 24.3 Å². The van der Waals surface area contributed by atoms with Crippen LogP contribution in [0, 0.1) is 12.8 Å². The molecule has 0 saturated carbocycles. The number of rotatable bonds is 5. The number of aryl methyl sites for hydroxylation is 1. The Hall–Kier alpha value is -3.19. The average Bonchev–Trinajstić information content (AvgIpc) is 3.58. The van der Waals surface area contributed by atoms with Crippen molar-refractivity contribution in [3.05, 3.63) is 78.1 Å². The molecular formula is C27H27N5S. The Morgan fingerprint density at radius 2 is 1.97 bits per heavy atom. The van der Waals surface area contributed by atoms with Crippen LogP contribution in [0.25, 0.3) is 31.6 Å². The summed E-state index contributed by atoms with van der Waals surface area (Å²) in [5, 5.41) is 8.23. The van der Waals surface area contributed by atoms with Crippen molar-refractivity contribution >= 4 is 43.8 Å². The second kappa shape index (κ2) is 8.30. The Kier molecular flexibility index (Phi) is 5.14. The molecule has 0 radical (unpaired) electrons. The average molecular weight is 454 g/mol. The molecular weight excluding hydrogens is 426 g/mol.